The Hall–Kier alpha value is -2.10. The van der Waals surface area contributed by atoms with Crippen LogP contribution < -0.4 is 4.74 Å². The van der Waals surface area contributed by atoms with Gasteiger partial charge in [-0.05, 0) is 51.3 Å². The van der Waals surface area contributed by atoms with Crippen molar-refractivity contribution in [2.75, 3.05) is 7.11 Å². The molecule has 118 valence electrons. The first-order valence-electron chi connectivity index (χ1n) is 7.42. The second-order valence-corrected chi connectivity index (χ2v) is 6.43. The van der Waals surface area contributed by atoms with Gasteiger partial charge in [0.15, 0.2) is 5.78 Å². The zero-order valence-electron chi connectivity index (χ0n) is 13.5. The van der Waals surface area contributed by atoms with Crippen LogP contribution in [-0.2, 0) is 16.0 Å². The van der Waals surface area contributed by atoms with E-state index in [1.165, 1.54) is 6.08 Å². The molecule has 0 radical (unpaired) electrons. The van der Waals surface area contributed by atoms with Gasteiger partial charge >= 0.3 is 5.97 Å². The topological polar surface area (TPSA) is 52.6 Å². The third-order valence-corrected chi connectivity index (χ3v) is 3.52. The number of methoxy groups -OCH3 is 1. The van der Waals surface area contributed by atoms with Gasteiger partial charge in [-0.2, -0.15) is 0 Å². The number of carbonyl (C=O) groups is 2. The number of ether oxygens (including phenoxy) is 2. The van der Waals surface area contributed by atoms with Gasteiger partial charge in [-0.3, -0.25) is 4.79 Å². The van der Waals surface area contributed by atoms with Crippen molar-refractivity contribution in [3.05, 3.63) is 41.5 Å². The van der Waals surface area contributed by atoms with Gasteiger partial charge in [0.05, 0.1) is 7.11 Å². The van der Waals surface area contributed by atoms with Crippen LogP contribution in [-0.4, -0.2) is 24.5 Å². The fourth-order valence-corrected chi connectivity index (χ4v) is 2.49. The van der Waals surface area contributed by atoms with Crippen molar-refractivity contribution in [2.45, 2.75) is 39.2 Å². The molecule has 4 heteroatoms. The molecule has 1 unspecified atom stereocenters. The number of aryl methyl sites for hydroxylation is 1. The lowest BCUT2D eigenvalue weighted by atomic mass is 9.82. The summed E-state index contributed by atoms with van der Waals surface area (Å²) in [5.41, 5.74) is 1.19. The first kappa shape index (κ1) is 16.3. The van der Waals surface area contributed by atoms with Crippen LogP contribution in [0.25, 0.3) is 0 Å². The lowest BCUT2D eigenvalue weighted by Gasteiger charge is -2.22. The highest BCUT2D eigenvalue weighted by Gasteiger charge is 2.26. The van der Waals surface area contributed by atoms with Crippen LogP contribution in [0.5, 0.6) is 5.75 Å². The molecule has 1 aromatic carbocycles. The summed E-state index contributed by atoms with van der Waals surface area (Å²) in [5, 5.41) is 0. The molecule has 1 aromatic rings. The fraction of sp³-hybridized carbons (Fsp3) is 0.444. The Labute approximate surface area is 131 Å². The van der Waals surface area contributed by atoms with Gasteiger partial charge in [0.25, 0.3) is 0 Å². The second-order valence-electron chi connectivity index (χ2n) is 6.43. The summed E-state index contributed by atoms with van der Waals surface area (Å²) in [6.07, 6.45) is 4.53. The Balaban J connectivity index is 2.11. The van der Waals surface area contributed by atoms with Gasteiger partial charge in [0.1, 0.15) is 11.4 Å². The molecule has 0 aromatic heterocycles. The summed E-state index contributed by atoms with van der Waals surface area (Å²) in [6.45, 7) is 5.44. The lowest BCUT2D eigenvalue weighted by Crippen LogP contribution is -2.24. The molecular weight excluding hydrogens is 280 g/mol. The summed E-state index contributed by atoms with van der Waals surface area (Å²) >= 11 is 0. The Morgan fingerprint density at radius 1 is 1.32 bits per heavy atom. The van der Waals surface area contributed by atoms with E-state index in [9.17, 15) is 9.59 Å². The Kier molecular flexibility index (Phi) is 4.69. The summed E-state index contributed by atoms with van der Waals surface area (Å²) in [7, 11) is 1.58. The summed E-state index contributed by atoms with van der Waals surface area (Å²) in [4.78, 5) is 24.2. The molecule has 0 N–H and O–H groups in total. The number of ketones is 1. The Morgan fingerprint density at radius 3 is 2.68 bits per heavy atom. The first-order chi connectivity index (χ1) is 10.3. The molecule has 0 aliphatic heterocycles. The van der Waals surface area contributed by atoms with E-state index >= 15 is 0 Å². The van der Waals surface area contributed by atoms with Crippen LogP contribution in [0.1, 0.15) is 43.1 Å². The van der Waals surface area contributed by atoms with Gasteiger partial charge in [-0.1, -0.05) is 12.1 Å². The first-order valence-corrected chi connectivity index (χ1v) is 7.42. The van der Waals surface area contributed by atoms with E-state index in [-0.39, 0.29) is 11.7 Å². The highest BCUT2D eigenvalue weighted by Crippen LogP contribution is 2.29. The van der Waals surface area contributed by atoms with Crippen molar-refractivity contribution in [1.29, 1.82) is 0 Å². The van der Waals surface area contributed by atoms with Gasteiger partial charge in [0.2, 0.25) is 0 Å². The Bertz CT molecular complexity index is 608. The van der Waals surface area contributed by atoms with Gasteiger partial charge in [-0.15, -0.1) is 0 Å². The van der Waals surface area contributed by atoms with Gasteiger partial charge in [-0.25, -0.2) is 4.79 Å². The van der Waals surface area contributed by atoms with Crippen LogP contribution in [0, 0.1) is 5.92 Å². The number of hydrogen-bond donors (Lipinski definition) is 0. The van der Waals surface area contributed by atoms with Crippen LogP contribution in [0.15, 0.2) is 30.4 Å². The number of allylic oxidation sites excluding steroid dienone is 1. The van der Waals surface area contributed by atoms with Gasteiger partial charge < -0.3 is 9.47 Å². The zero-order chi connectivity index (χ0) is 16.3. The average Bonchev–Trinajstić information content (AvgIpc) is 2.44. The summed E-state index contributed by atoms with van der Waals surface area (Å²) < 4.78 is 10.4. The summed E-state index contributed by atoms with van der Waals surface area (Å²) in [5.74, 6) is -0.00676. The minimum atomic E-state index is -0.530. The molecule has 0 bridgehead atoms. The highest BCUT2D eigenvalue weighted by atomic mass is 16.6. The number of esters is 1. The molecule has 0 spiro atoms. The number of fused-ring (bicyclic) bond motifs is 1. The number of carbonyl (C=O) groups excluding carboxylic acids is 2. The predicted molar refractivity (Wildman–Crippen MR) is 84.1 cm³/mol. The molecular formula is C18H22O4. The average molecular weight is 302 g/mol. The maximum Gasteiger partial charge on any atom is 0.330 e. The smallest absolute Gasteiger partial charge is 0.330 e. The van der Waals surface area contributed by atoms with Crippen molar-refractivity contribution >= 4 is 11.8 Å². The van der Waals surface area contributed by atoms with Crippen molar-refractivity contribution in [3.8, 4) is 5.75 Å². The fourth-order valence-electron chi connectivity index (χ4n) is 2.49. The standard InChI is InChI=1S/C18H22O4/c1-18(2,3)22-16(19)10-8-13-6-5-12-7-9-14(21-4)11-15(12)17(13)20/h7-11,13H,5-6H2,1-4H3/b10-8+. The summed E-state index contributed by atoms with van der Waals surface area (Å²) in [6, 6.07) is 5.56. The molecule has 2 rings (SSSR count). The molecule has 0 saturated heterocycles. The minimum absolute atomic E-state index is 0.0277. The Morgan fingerprint density at radius 2 is 2.05 bits per heavy atom. The largest absolute Gasteiger partial charge is 0.497 e. The molecule has 22 heavy (non-hydrogen) atoms. The van der Waals surface area contributed by atoms with E-state index < -0.39 is 11.6 Å². The van der Waals surface area contributed by atoms with E-state index in [1.807, 2.05) is 32.9 Å². The van der Waals surface area contributed by atoms with Crippen LogP contribution in [0.4, 0.5) is 0 Å². The van der Waals surface area contributed by atoms with Crippen LogP contribution >= 0.6 is 0 Å². The molecule has 4 nitrogen and oxygen atoms in total. The third-order valence-electron chi connectivity index (χ3n) is 3.52. The molecule has 1 atom stereocenters. The van der Waals surface area contributed by atoms with E-state index in [4.69, 9.17) is 9.47 Å². The zero-order valence-corrected chi connectivity index (χ0v) is 13.5. The monoisotopic (exact) mass is 302 g/mol. The normalized spacial score (nSPS) is 18.2. The molecule has 0 saturated carbocycles. The number of hydrogen-bond acceptors (Lipinski definition) is 4. The highest BCUT2D eigenvalue weighted by molar-refractivity contribution is 6.02. The van der Waals surface area contributed by atoms with Crippen molar-refractivity contribution in [2.24, 2.45) is 5.92 Å². The van der Waals surface area contributed by atoms with Crippen LogP contribution in [0.2, 0.25) is 0 Å². The van der Waals surface area contributed by atoms with E-state index in [0.717, 1.165) is 12.0 Å². The van der Waals surface area contributed by atoms with Gasteiger partial charge in [0, 0.05) is 17.6 Å². The third kappa shape index (κ3) is 3.97. The minimum Gasteiger partial charge on any atom is -0.497 e. The lowest BCUT2D eigenvalue weighted by molar-refractivity contribution is -0.148. The quantitative estimate of drug-likeness (QED) is 0.635. The maximum absolute atomic E-state index is 12.5. The molecule has 0 fully saturated rings. The van der Waals surface area contributed by atoms with Crippen molar-refractivity contribution in [1.82, 2.24) is 0 Å². The molecule has 0 heterocycles. The number of benzene rings is 1. The second kappa shape index (κ2) is 6.34. The van der Waals surface area contributed by atoms with Crippen LogP contribution in [0.3, 0.4) is 0 Å². The van der Waals surface area contributed by atoms with Crippen molar-refractivity contribution < 1.29 is 19.1 Å². The molecule has 1 aliphatic rings. The van der Waals surface area contributed by atoms with E-state index in [2.05, 4.69) is 0 Å². The van der Waals surface area contributed by atoms with E-state index in [1.54, 1.807) is 19.3 Å². The SMILES string of the molecule is COc1ccc2c(c1)C(=O)C(/C=C/C(=O)OC(C)(C)C)CC2. The number of Topliss-reactive ketones (excluding diaryl/α,β-unsaturated/α-hetero) is 1. The predicted octanol–water partition coefficient (Wildman–Crippen LogP) is 3.34. The molecule has 0 amide bonds. The number of rotatable bonds is 3. The van der Waals surface area contributed by atoms with Crippen molar-refractivity contribution in [3.63, 3.8) is 0 Å². The van der Waals surface area contributed by atoms with E-state index in [0.29, 0.717) is 17.7 Å². The maximum atomic E-state index is 12.5. The molecule has 1 aliphatic carbocycles.